The molecule has 28 heavy (non-hydrogen) atoms. The minimum absolute atomic E-state index is 0.571. The lowest BCUT2D eigenvalue weighted by atomic mass is 10.0. The zero-order chi connectivity index (χ0) is 19.9. The van der Waals surface area contributed by atoms with Gasteiger partial charge in [-0.2, -0.15) is 0 Å². The van der Waals surface area contributed by atoms with E-state index in [0.29, 0.717) is 12.4 Å². The van der Waals surface area contributed by atoms with Gasteiger partial charge in [-0.15, -0.1) is 0 Å². The number of unbranched alkanes of at least 4 members (excludes halogenated alkanes) is 7. The van der Waals surface area contributed by atoms with Gasteiger partial charge in [0.2, 0.25) is 0 Å². The van der Waals surface area contributed by atoms with Crippen molar-refractivity contribution in [2.45, 2.75) is 78.1 Å². The van der Waals surface area contributed by atoms with E-state index in [0.717, 1.165) is 24.2 Å². The summed E-state index contributed by atoms with van der Waals surface area (Å²) in [6.45, 7) is 5.05. The molecule has 0 saturated heterocycles. The molecular formula is C25H36N2O. The van der Waals surface area contributed by atoms with Gasteiger partial charge >= 0.3 is 0 Å². The van der Waals surface area contributed by atoms with Gasteiger partial charge < -0.3 is 4.74 Å². The number of hydrogen-bond acceptors (Lipinski definition) is 3. The third kappa shape index (κ3) is 8.69. The first-order chi connectivity index (χ1) is 13.8. The first-order valence-electron chi connectivity index (χ1n) is 11.0. The Morgan fingerprint density at radius 2 is 1.46 bits per heavy atom. The van der Waals surface area contributed by atoms with Gasteiger partial charge in [0.1, 0.15) is 6.61 Å². The van der Waals surface area contributed by atoms with Crippen LogP contribution in [0, 0.1) is 0 Å². The molecule has 2 aromatic rings. The highest BCUT2D eigenvalue weighted by molar-refractivity contribution is 5.55. The number of aryl methyl sites for hydroxylation is 1. The lowest BCUT2D eigenvalue weighted by Gasteiger charge is -2.06. The SMILES string of the molecule is CCCCCC=CCOc1cnc(-c2ccc(CCCCCCC)cc2)nc1. The third-order valence-corrected chi connectivity index (χ3v) is 4.90. The second-order valence-electron chi connectivity index (χ2n) is 7.38. The summed E-state index contributed by atoms with van der Waals surface area (Å²) in [5, 5.41) is 0. The Morgan fingerprint density at radius 3 is 2.18 bits per heavy atom. The van der Waals surface area contributed by atoms with Crippen molar-refractivity contribution in [2.75, 3.05) is 6.61 Å². The molecule has 0 radical (unpaired) electrons. The van der Waals surface area contributed by atoms with E-state index in [1.54, 1.807) is 12.4 Å². The molecule has 0 N–H and O–H groups in total. The molecule has 0 aliphatic rings. The molecule has 0 fully saturated rings. The molecule has 1 aromatic heterocycles. The lowest BCUT2D eigenvalue weighted by Crippen LogP contribution is -1.96. The highest BCUT2D eigenvalue weighted by atomic mass is 16.5. The second kappa shape index (κ2) is 13.9. The van der Waals surface area contributed by atoms with Crippen molar-refractivity contribution in [1.29, 1.82) is 0 Å². The topological polar surface area (TPSA) is 35.0 Å². The first kappa shape index (κ1) is 22.1. The molecule has 0 saturated carbocycles. The van der Waals surface area contributed by atoms with Crippen LogP contribution in [0.5, 0.6) is 5.75 Å². The fourth-order valence-corrected chi connectivity index (χ4v) is 3.14. The fraction of sp³-hybridized carbons (Fsp3) is 0.520. The molecule has 0 atom stereocenters. The molecule has 0 aliphatic heterocycles. The summed E-state index contributed by atoms with van der Waals surface area (Å²) in [6, 6.07) is 8.64. The van der Waals surface area contributed by atoms with Crippen LogP contribution < -0.4 is 4.74 Å². The van der Waals surface area contributed by atoms with E-state index in [9.17, 15) is 0 Å². The summed E-state index contributed by atoms with van der Waals surface area (Å²) < 4.78 is 5.68. The van der Waals surface area contributed by atoms with Gasteiger partial charge in [0.15, 0.2) is 11.6 Å². The van der Waals surface area contributed by atoms with E-state index in [1.807, 2.05) is 0 Å². The summed E-state index contributed by atoms with van der Waals surface area (Å²) in [6.07, 6.45) is 20.5. The Morgan fingerprint density at radius 1 is 0.786 bits per heavy atom. The third-order valence-electron chi connectivity index (χ3n) is 4.90. The van der Waals surface area contributed by atoms with E-state index in [4.69, 9.17) is 4.74 Å². The van der Waals surface area contributed by atoms with E-state index in [-0.39, 0.29) is 0 Å². The van der Waals surface area contributed by atoms with Crippen molar-refractivity contribution >= 4 is 0 Å². The summed E-state index contributed by atoms with van der Waals surface area (Å²) >= 11 is 0. The summed E-state index contributed by atoms with van der Waals surface area (Å²) in [4.78, 5) is 8.91. The normalized spacial score (nSPS) is 11.2. The van der Waals surface area contributed by atoms with Gasteiger partial charge in [-0.3, -0.25) is 0 Å². The van der Waals surface area contributed by atoms with Crippen LogP contribution >= 0.6 is 0 Å². The van der Waals surface area contributed by atoms with Crippen LogP contribution in [0.25, 0.3) is 11.4 Å². The molecule has 0 spiro atoms. The van der Waals surface area contributed by atoms with Crippen molar-refractivity contribution in [3.63, 3.8) is 0 Å². The number of allylic oxidation sites excluding steroid dienone is 1. The van der Waals surface area contributed by atoms with Crippen molar-refractivity contribution in [2.24, 2.45) is 0 Å². The number of nitrogens with zero attached hydrogens (tertiary/aromatic N) is 2. The quantitative estimate of drug-likeness (QED) is 0.257. The lowest BCUT2D eigenvalue weighted by molar-refractivity contribution is 0.359. The summed E-state index contributed by atoms with van der Waals surface area (Å²) in [5.74, 6) is 1.46. The van der Waals surface area contributed by atoms with E-state index < -0.39 is 0 Å². The van der Waals surface area contributed by atoms with Crippen molar-refractivity contribution < 1.29 is 4.74 Å². The average Bonchev–Trinajstić information content (AvgIpc) is 2.74. The van der Waals surface area contributed by atoms with Crippen LogP contribution in [-0.4, -0.2) is 16.6 Å². The molecule has 1 heterocycles. The second-order valence-corrected chi connectivity index (χ2v) is 7.38. The maximum atomic E-state index is 5.68. The Balaban J connectivity index is 1.74. The molecule has 0 unspecified atom stereocenters. The maximum absolute atomic E-state index is 5.68. The van der Waals surface area contributed by atoms with Crippen LogP contribution in [0.4, 0.5) is 0 Å². The van der Waals surface area contributed by atoms with Gasteiger partial charge in [0.05, 0.1) is 12.4 Å². The molecule has 1 aromatic carbocycles. The predicted molar refractivity (Wildman–Crippen MR) is 119 cm³/mol. The zero-order valence-electron chi connectivity index (χ0n) is 17.7. The van der Waals surface area contributed by atoms with E-state index >= 15 is 0 Å². The van der Waals surface area contributed by atoms with E-state index in [1.165, 1.54) is 56.9 Å². The van der Waals surface area contributed by atoms with Crippen LogP contribution in [0.2, 0.25) is 0 Å². The van der Waals surface area contributed by atoms with Gasteiger partial charge in [0, 0.05) is 5.56 Å². The minimum Gasteiger partial charge on any atom is -0.486 e. The van der Waals surface area contributed by atoms with Crippen molar-refractivity contribution in [3.8, 4) is 17.1 Å². The largest absolute Gasteiger partial charge is 0.486 e. The van der Waals surface area contributed by atoms with Gasteiger partial charge in [-0.25, -0.2) is 9.97 Å². The van der Waals surface area contributed by atoms with Crippen LogP contribution in [0.3, 0.4) is 0 Å². The molecule has 0 aliphatic carbocycles. The summed E-state index contributed by atoms with van der Waals surface area (Å²) in [7, 11) is 0. The van der Waals surface area contributed by atoms with Crippen molar-refractivity contribution in [1.82, 2.24) is 9.97 Å². The molecule has 3 heteroatoms. The number of benzene rings is 1. The first-order valence-corrected chi connectivity index (χ1v) is 11.0. The zero-order valence-corrected chi connectivity index (χ0v) is 17.7. The number of hydrogen-bond donors (Lipinski definition) is 0. The number of rotatable bonds is 14. The van der Waals surface area contributed by atoms with Gasteiger partial charge in [0.25, 0.3) is 0 Å². The van der Waals surface area contributed by atoms with Crippen LogP contribution in [0.1, 0.15) is 77.2 Å². The molecule has 152 valence electrons. The Kier molecular flexibility index (Phi) is 11.0. The Bertz CT molecular complexity index is 662. The minimum atomic E-state index is 0.571. The molecule has 2 rings (SSSR count). The average molecular weight is 381 g/mol. The smallest absolute Gasteiger partial charge is 0.159 e. The molecule has 0 amide bonds. The maximum Gasteiger partial charge on any atom is 0.159 e. The van der Waals surface area contributed by atoms with Crippen LogP contribution in [-0.2, 0) is 6.42 Å². The molecular weight excluding hydrogens is 344 g/mol. The number of ether oxygens (including phenoxy) is 1. The predicted octanol–water partition coefficient (Wildman–Crippen LogP) is 7.17. The van der Waals surface area contributed by atoms with Gasteiger partial charge in [-0.1, -0.05) is 88.8 Å². The Labute approximate surface area is 171 Å². The highest BCUT2D eigenvalue weighted by Crippen LogP contribution is 2.18. The standard InChI is InChI=1S/C25H36N2O/c1-3-5-7-9-11-13-19-28-24-20-26-25(27-21-24)23-17-15-22(16-18-23)14-12-10-8-6-4-2/h11,13,15-18,20-21H,3-10,12,14,19H2,1-2H3. The van der Waals surface area contributed by atoms with Crippen molar-refractivity contribution in [3.05, 3.63) is 54.4 Å². The highest BCUT2D eigenvalue weighted by Gasteiger charge is 2.02. The fourth-order valence-electron chi connectivity index (χ4n) is 3.14. The summed E-state index contributed by atoms with van der Waals surface area (Å²) in [5.41, 5.74) is 2.45. The molecule has 3 nitrogen and oxygen atoms in total. The van der Waals surface area contributed by atoms with E-state index in [2.05, 4.69) is 60.2 Å². The van der Waals surface area contributed by atoms with Gasteiger partial charge in [-0.05, 0) is 31.2 Å². The molecule has 0 bridgehead atoms. The van der Waals surface area contributed by atoms with Crippen LogP contribution in [0.15, 0.2) is 48.8 Å². The Hall–Kier alpha value is -2.16. The monoisotopic (exact) mass is 380 g/mol. The number of aromatic nitrogens is 2.